The molecule has 1 heterocycles. The van der Waals surface area contributed by atoms with Gasteiger partial charge in [0.25, 0.3) is 0 Å². The Labute approximate surface area is 134 Å². The second kappa shape index (κ2) is 6.31. The number of aryl methyl sites for hydroxylation is 1. The van der Waals surface area contributed by atoms with Gasteiger partial charge in [-0.2, -0.15) is 0 Å². The highest BCUT2D eigenvalue weighted by Crippen LogP contribution is 2.45. The molecule has 3 nitrogen and oxygen atoms in total. The maximum Gasteiger partial charge on any atom is 0.326 e. The number of benzene rings is 1. The van der Waals surface area contributed by atoms with Crippen molar-refractivity contribution in [1.29, 1.82) is 0 Å². The highest BCUT2D eigenvalue weighted by molar-refractivity contribution is 5.80. The molecule has 1 aliphatic rings. The largest absolute Gasteiger partial charge is 0.480 e. The van der Waals surface area contributed by atoms with E-state index in [1.54, 1.807) is 0 Å². The number of rotatable bonds is 5. The van der Waals surface area contributed by atoms with Gasteiger partial charge >= 0.3 is 5.97 Å². The first-order chi connectivity index (χ1) is 10.3. The molecule has 2 rings (SSSR count). The molecule has 0 saturated carbocycles. The molecule has 0 aromatic heterocycles. The van der Waals surface area contributed by atoms with Crippen LogP contribution in [0.5, 0.6) is 0 Å². The van der Waals surface area contributed by atoms with Crippen LogP contribution in [0.3, 0.4) is 0 Å². The van der Waals surface area contributed by atoms with Crippen molar-refractivity contribution in [3.8, 4) is 0 Å². The third-order valence-corrected chi connectivity index (χ3v) is 4.86. The molecule has 1 aromatic rings. The van der Waals surface area contributed by atoms with Gasteiger partial charge < -0.3 is 10.0 Å². The Morgan fingerprint density at radius 2 is 2.14 bits per heavy atom. The second-order valence-electron chi connectivity index (χ2n) is 7.35. The summed E-state index contributed by atoms with van der Waals surface area (Å²) < 4.78 is 0. The number of carboxylic acids is 1. The normalized spacial score (nSPS) is 21.3. The molecule has 122 valence electrons. The van der Waals surface area contributed by atoms with Gasteiger partial charge in [0.2, 0.25) is 0 Å². The summed E-state index contributed by atoms with van der Waals surface area (Å²) >= 11 is 0. The highest BCUT2D eigenvalue weighted by atomic mass is 16.4. The lowest BCUT2D eigenvalue weighted by atomic mass is 9.78. The van der Waals surface area contributed by atoms with Gasteiger partial charge in [-0.3, -0.25) is 0 Å². The van der Waals surface area contributed by atoms with Gasteiger partial charge in [0.05, 0.1) is 0 Å². The summed E-state index contributed by atoms with van der Waals surface area (Å²) in [5, 5.41) is 9.80. The van der Waals surface area contributed by atoms with Gasteiger partial charge in [0.15, 0.2) is 0 Å². The Kier molecular flexibility index (Phi) is 4.84. The van der Waals surface area contributed by atoms with E-state index >= 15 is 0 Å². The first-order valence-corrected chi connectivity index (χ1v) is 8.40. The molecular weight excluding hydrogens is 274 g/mol. The van der Waals surface area contributed by atoms with Crippen LogP contribution < -0.4 is 4.90 Å². The molecule has 1 N–H and O–H groups in total. The molecule has 0 unspecified atom stereocenters. The number of hydrogen-bond acceptors (Lipinski definition) is 2. The lowest BCUT2D eigenvalue weighted by molar-refractivity contribution is -0.139. The monoisotopic (exact) mass is 303 g/mol. The number of fused-ring (bicyclic) bond motifs is 1. The molecule has 0 amide bonds. The molecule has 0 aliphatic carbocycles. The number of aliphatic carboxylic acids is 1. The zero-order chi connectivity index (χ0) is 16.5. The minimum atomic E-state index is -0.705. The van der Waals surface area contributed by atoms with Gasteiger partial charge in [-0.15, -0.1) is 0 Å². The maximum atomic E-state index is 11.9. The van der Waals surface area contributed by atoms with Crippen LogP contribution in [-0.2, 0) is 4.79 Å². The number of carbonyl (C=O) groups is 1. The molecule has 0 fully saturated rings. The van der Waals surface area contributed by atoms with Crippen molar-refractivity contribution in [2.45, 2.75) is 77.8 Å². The van der Waals surface area contributed by atoms with E-state index in [9.17, 15) is 9.90 Å². The van der Waals surface area contributed by atoms with E-state index in [0.29, 0.717) is 12.3 Å². The van der Waals surface area contributed by atoms with Crippen LogP contribution in [0, 0.1) is 6.92 Å². The minimum absolute atomic E-state index is 0.142. The summed E-state index contributed by atoms with van der Waals surface area (Å²) in [7, 11) is 0. The second-order valence-corrected chi connectivity index (χ2v) is 7.35. The van der Waals surface area contributed by atoms with Gasteiger partial charge in [0.1, 0.15) is 6.04 Å². The molecule has 0 saturated heterocycles. The highest BCUT2D eigenvalue weighted by Gasteiger charge is 2.42. The quantitative estimate of drug-likeness (QED) is 0.854. The fraction of sp³-hybridized carbons (Fsp3) is 0.632. The number of carboxylic acid groups (broad SMARTS) is 1. The predicted molar refractivity (Wildman–Crippen MR) is 91.7 cm³/mol. The van der Waals surface area contributed by atoms with E-state index in [1.165, 1.54) is 11.1 Å². The van der Waals surface area contributed by atoms with Gasteiger partial charge in [-0.05, 0) is 56.7 Å². The smallest absolute Gasteiger partial charge is 0.326 e. The summed E-state index contributed by atoms with van der Waals surface area (Å²) in [4.78, 5) is 14.1. The Morgan fingerprint density at radius 1 is 1.45 bits per heavy atom. The average molecular weight is 303 g/mol. The van der Waals surface area contributed by atoms with Crippen molar-refractivity contribution in [2.75, 3.05) is 4.90 Å². The Balaban J connectivity index is 2.53. The topological polar surface area (TPSA) is 40.5 Å². The molecule has 1 aliphatic heterocycles. The van der Waals surface area contributed by atoms with Gasteiger partial charge in [-0.25, -0.2) is 4.79 Å². The Morgan fingerprint density at radius 3 is 2.73 bits per heavy atom. The van der Waals surface area contributed by atoms with E-state index in [0.717, 1.165) is 24.9 Å². The van der Waals surface area contributed by atoms with E-state index < -0.39 is 12.0 Å². The number of anilines is 1. The molecule has 1 aromatic carbocycles. The van der Waals surface area contributed by atoms with Crippen molar-refractivity contribution >= 4 is 11.7 Å². The van der Waals surface area contributed by atoms with Crippen LogP contribution in [0.25, 0.3) is 0 Å². The average Bonchev–Trinajstić information content (AvgIpc) is 2.40. The fourth-order valence-corrected chi connectivity index (χ4v) is 3.91. The molecule has 2 atom stereocenters. The van der Waals surface area contributed by atoms with Crippen LogP contribution in [0.15, 0.2) is 18.2 Å². The van der Waals surface area contributed by atoms with E-state index in [-0.39, 0.29) is 5.54 Å². The van der Waals surface area contributed by atoms with Crippen molar-refractivity contribution in [1.82, 2.24) is 0 Å². The standard InChI is InChI=1S/C19H29NO2/c1-6-7-8-16(18(21)22)20-17-11-13(2)9-10-15(17)14(3)12-19(20,4)5/h9-11,14,16H,6-8,12H2,1-5H3,(H,21,22)/t14-,16+/m0/s1. The molecule has 0 spiro atoms. The molecule has 0 bridgehead atoms. The molecular formula is C19H29NO2. The zero-order valence-corrected chi connectivity index (χ0v) is 14.5. The zero-order valence-electron chi connectivity index (χ0n) is 14.5. The third-order valence-electron chi connectivity index (χ3n) is 4.86. The Hall–Kier alpha value is -1.51. The number of nitrogens with zero attached hydrogens (tertiary/aromatic N) is 1. The molecule has 3 heteroatoms. The van der Waals surface area contributed by atoms with Crippen molar-refractivity contribution in [3.63, 3.8) is 0 Å². The van der Waals surface area contributed by atoms with Crippen molar-refractivity contribution < 1.29 is 9.90 Å². The predicted octanol–water partition coefficient (Wildman–Crippen LogP) is 4.73. The fourth-order valence-electron chi connectivity index (χ4n) is 3.91. The first-order valence-electron chi connectivity index (χ1n) is 8.40. The van der Waals surface area contributed by atoms with E-state index in [2.05, 4.69) is 57.7 Å². The first kappa shape index (κ1) is 16.9. The van der Waals surface area contributed by atoms with Crippen LogP contribution in [0.1, 0.15) is 70.4 Å². The summed E-state index contributed by atoms with van der Waals surface area (Å²) in [5.74, 6) is -0.244. The molecule has 0 radical (unpaired) electrons. The minimum Gasteiger partial charge on any atom is -0.480 e. The van der Waals surface area contributed by atoms with Crippen LogP contribution in [0.2, 0.25) is 0 Å². The van der Waals surface area contributed by atoms with Gasteiger partial charge in [-0.1, -0.05) is 38.8 Å². The Bertz CT molecular complexity index is 550. The van der Waals surface area contributed by atoms with Crippen LogP contribution in [-0.4, -0.2) is 22.7 Å². The summed E-state index contributed by atoms with van der Waals surface area (Å²) in [6.07, 6.45) is 3.66. The summed E-state index contributed by atoms with van der Waals surface area (Å²) in [5.41, 5.74) is 3.45. The lowest BCUT2D eigenvalue weighted by Gasteiger charge is -2.50. The van der Waals surface area contributed by atoms with E-state index in [4.69, 9.17) is 0 Å². The maximum absolute atomic E-state index is 11.9. The van der Waals surface area contributed by atoms with Gasteiger partial charge in [0, 0.05) is 11.2 Å². The SMILES string of the molecule is CCCC[C@H](C(=O)O)N1c2cc(C)ccc2[C@@H](C)CC1(C)C. The van der Waals surface area contributed by atoms with Crippen LogP contribution >= 0.6 is 0 Å². The number of unbranched alkanes of at least 4 members (excludes halogenated alkanes) is 1. The van der Waals surface area contributed by atoms with E-state index in [1.807, 2.05) is 0 Å². The summed E-state index contributed by atoms with van der Waals surface area (Å²) in [6.45, 7) is 10.8. The third kappa shape index (κ3) is 3.13. The summed E-state index contributed by atoms with van der Waals surface area (Å²) in [6, 6.07) is 6.03. The number of hydrogen-bond donors (Lipinski definition) is 1. The van der Waals surface area contributed by atoms with Crippen LogP contribution in [0.4, 0.5) is 5.69 Å². The van der Waals surface area contributed by atoms with Crippen molar-refractivity contribution in [2.24, 2.45) is 0 Å². The molecule has 22 heavy (non-hydrogen) atoms. The lowest BCUT2D eigenvalue weighted by Crippen LogP contribution is -2.56. The van der Waals surface area contributed by atoms with Crippen molar-refractivity contribution in [3.05, 3.63) is 29.3 Å².